The first-order valence-electron chi connectivity index (χ1n) is 4.21. The molecule has 1 aromatic heterocycles. The van der Waals surface area contributed by atoms with Crippen molar-refractivity contribution >= 4 is 17.5 Å². The molecule has 5 nitrogen and oxygen atoms in total. The lowest BCUT2D eigenvalue weighted by Crippen LogP contribution is -2.06. The monoisotopic (exact) mass is 181 g/mol. The number of anilines is 2. The van der Waals surface area contributed by atoms with Crippen molar-refractivity contribution in [3.8, 4) is 0 Å². The first kappa shape index (κ1) is 8.10. The second-order valence-electron chi connectivity index (χ2n) is 3.27. The van der Waals surface area contributed by atoms with Crippen molar-refractivity contribution in [2.75, 3.05) is 11.1 Å². The first-order valence-corrected chi connectivity index (χ1v) is 4.21. The second-order valence-corrected chi connectivity index (χ2v) is 3.27. The molecule has 0 aromatic carbocycles. The van der Waals surface area contributed by atoms with E-state index in [0.717, 1.165) is 18.5 Å². The summed E-state index contributed by atoms with van der Waals surface area (Å²) in [5.74, 6) is 0.505. The van der Waals surface area contributed by atoms with E-state index < -0.39 is 0 Å². The number of nitrogens with zero attached hydrogens (tertiary/aromatic N) is 1. The van der Waals surface area contributed by atoms with Crippen molar-refractivity contribution in [2.24, 2.45) is 0 Å². The summed E-state index contributed by atoms with van der Waals surface area (Å²) in [5.41, 5.74) is 6.97. The van der Waals surface area contributed by atoms with Crippen LogP contribution in [0.15, 0.2) is 4.52 Å². The Morgan fingerprint density at radius 2 is 2.38 bits per heavy atom. The average molecular weight is 181 g/mol. The molecule has 0 spiro atoms. The number of amides is 1. The molecule has 1 heterocycles. The minimum absolute atomic E-state index is 0.204. The Labute approximate surface area is 75.3 Å². The van der Waals surface area contributed by atoms with Gasteiger partial charge in [-0.3, -0.25) is 10.1 Å². The molecule has 1 amide bonds. The second kappa shape index (κ2) is 2.76. The van der Waals surface area contributed by atoms with Gasteiger partial charge in [0.2, 0.25) is 5.91 Å². The third-order valence-corrected chi connectivity index (χ3v) is 2.01. The number of nitrogens with one attached hydrogen (secondary N) is 1. The van der Waals surface area contributed by atoms with Crippen molar-refractivity contribution in [3.05, 3.63) is 5.69 Å². The van der Waals surface area contributed by atoms with Crippen LogP contribution in [0, 0.1) is 0 Å². The molecule has 0 bridgehead atoms. The highest BCUT2D eigenvalue weighted by Gasteiger charge is 2.30. The molecule has 3 N–H and O–H groups in total. The Morgan fingerprint density at radius 3 is 2.92 bits per heavy atom. The van der Waals surface area contributed by atoms with Crippen molar-refractivity contribution in [1.29, 1.82) is 0 Å². The van der Waals surface area contributed by atoms with E-state index in [1.807, 2.05) is 0 Å². The van der Waals surface area contributed by atoms with Gasteiger partial charge in [0.15, 0.2) is 0 Å². The molecule has 5 heteroatoms. The van der Waals surface area contributed by atoms with E-state index in [0.29, 0.717) is 11.6 Å². The topological polar surface area (TPSA) is 81.2 Å². The summed E-state index contributed by atoms with van der Waals surface area (Å²) in [6.45, 7) is 1.40. The lowest BCUT2D eigenvalue weighted by atomic mass is 10.2. The highest BCUT2D eigenvalue weighted by Crippen LogP contribution is 2.43. The minimum Gasteiger partial charge on any atom is -0.393 e. The Morgan fingerprint density at radius 1 is 1.69 bits per heavy atom. The zero-order valence-corrected chi connectivity index (χ0v) is 7.33. The van der Waals surface area contributed by atoms with Crippen LogP contribution in [0.4, 0.5) is 11.6 Å². The molecule has 1 aliphatic carbocycles. The van der Waals surface area contributed by atoms with E-state index in [9.17, 15) is 4.79 Å². The molecule has 0 atom stereocenters. The molecule has 1 fully saturated rings. The number of carbonyl (C=O) groups is 1. The van der Waals surface area contributed by atoms with Gasteiger partial charge >= 0.3 is 0 Å². The lowest BCUT2D eigenvalue weighted by molar-refractivity contribution is -0.114. The minimum atomic E-state index is -0.204. The van der Waals surface area contributed by atoms with Gasteiger partial charge in [-0.2, -0.15) is 0 Å². The van der Waals surface area contributed by atoms with Crippen LogP contribution in [0.3, 0.4) is 0 Å². The summed E-state index contributed by atoms with van der Waals surface area (Å²) in [6.07, 6.45) is 2.21. The molecule has 1 saturated carbocycles. The lowest BCUT2D eigenvalue weighted by Gasteiger charge is -1.95. The van der Waals surface area contributed by atoms with Crippen molar-refractivity contribution in [3.63, 3.8) is 0 Å². The van der Waals surface area contributed by atoms with Gasteiger partial charge in [0.1, 0.15) is 11.4 Å². The number of hydrogen-bond acceptors (Lipinski definition) is 4. The molecule has 0 saturated heterocycles. The van der Waals surface area contributed by atoms with Gasteiger partial charge in [0.05, 0.1) is 0 Å². The Bertz CT molecular complexity index is 341. The molecule has 1 aliphatic rings. The van der Waals surface area contributed by atoms with Crippen LogP contribution in [-0.4, -0.2) is 11.1 Å². The van der Waals surface area contributed by atoms with Gasteiger partial charge in [0.25, 0.3) is 5.88 Å². The number of carbonyl (C=O) groups excluding carboxylic acids is 1. The molecule has 2 rings (SSSR count). The summed E-state index contributed by atoms with van der Waals surface area (Å²) in [4.78, 5) is 10.7. The number of rotatable bonds is 2. The highest BCUT2D eigenvalue weighted by molar-refractivity contribution is 5.90. The van der Waals surface area contributed by atoms with Gasteiger partial charge in [-0.15, -0.1) is 0 Å². The van der Waals surface area contributed by atoms with Crippen LogP contribution in [0.25, 0.3) is 0 Å². The van der Waals surface area contributed by atoms with Crippen LogP contribution < -0.4 is 11.1 Å². The third kappa shape index (κ3) is 1.49. The fourth-order valence-corrected chi connectivity index (χ4v) is 1.21. The third-order valence-electron chi connectivity index (χ3n) is 2.01. The maximum absolute atomic E-state index is 10.7. The maximum Gasteiger partial charge on any atom is 0.254 e. The van der Waals surface area contributed by atoms with Crippen molar-refractivity contribution in [2.45, 2.75) is 25.7 Å². The number of hydrogen-bond donors (Lipinski definition) is 2. The zero-order valence-electron chi connectivity index (χ0n) is 7.33. The molecule has 1 aromatic rings. The smallest absolute Gasteiger partial charge is 0.254 e. The zero-order chi connectivity index (χ0) is 9.42. The molecular weight excluding hydrogens is 170 g/mol. The van der Waals surface area contributed by atoms with Crippen LogP contribution >= 0.6 is 0 Å². The summed E-state index contributed by atoms with van der Waals surface area (Å²) in [6, 6.07) is 0. The standard InChI is InChI=1S/C8H11N3O2/c1-4(12)10-8-6(9)7(11-13-8)5-2-3-5/h5H,2-3,9H2,1H3,(H,10,12). The number of nitrogen functional groups attached to an aromatic ring is 1. The van der Waals surface area contributed by atoms with Crippen molar-refractivity contribution < 1.29 is 9.32 Å². The van der Waals surface area contributed by atoms with Gasteiger partial charge < -0.3 is 10.3 Å². The molecule has 13 heavy (non-hydrogen) atoms. The Hall–Kier alpha value is -1.52. The van der Waals surface area contributed by atoms with Crippen molar-refractivity contribution in [1.82, 2.24) is 5.16 Å². The van der Waals surface area contributed by atoms with E-state index in [1.54, 1.807) is 0 Å². The van der Waals surface area contributed by atoms with Gasteiger partial charge in [-0.05, 0) is 12.8 Å². The Kier molecular flexibility index (Phi) is 1.72. The van der Waals surface area contributed by atoms with Crippen LogP contribution in [0.5, 0.6) is 0 Å². The predicted molar refractivity (Wildman–Crippen MR) is 47.2 cm³/mol. The molecule has 70 valence electrons. The van der Waals surface area contributed by atoms with E-state index >= 15 is 0 Å². The quantitative estimate of drug-likeness (QED) is 0.715. The van der Waals surface area contributed by atoms with E-state index in [-0.39, 0.29) is 11.8 Å². The summed E-state index contributed by atoms with van der Waals surface area (Å²) < 4.78 is 4.90. The SMILES string of the molecule is CC(=O)Nc1onc(C2CC2)c1N. The summed E-state index contributed by atoms with van der Waals surface area (Å²) in [7, 11) is 0. The van der Waals surface area contributed by atoms with Gasteiger partial charge in [-0.25, -0.2) is 0 Å². The first-order chi connectivity index (χ1) is 6.18. The molecular formula is C8H11N3O2. The maximum atomic E-state index is 10.7. The van der Waals surface area contributed by atoms with Crippen LogP contribution in [-0.2, 0) is 4.79 Å². The normalized spacial score (nSPS) is 15.8. The summed E-state index contributed by atoms with van der Waals surface area (Å²) in [5, 5.41) is 6.30. The van der Waals surface area contributed by atoms with E-state index in [2.05, 4.69) is 10.5 Å². The highest BCUT2D eigenvalue weighted by atomic mass is 16.5. The number of aromatic nitrogens is 1. The fraction of sp³-hybridized carbons (Fsp3) is 0.500. The Balaban J connectivity index is 2.22. The average Bonchev–Trinajstić information content (AvgIpc) is 2.81. The van der Waals surface area contributed by atoms with E-state index in [4.69, 9.17) is 10.3 Å². The predicted octanol–water partition coefficient (Wildman–Crippen LogP) is 1.09. The largest absolute Gasteiger partial charge is 0.393 e. The molecule has 0 aliphatic heterocycles. The van der Waals surface area contributed by atoms with Crippen LogP contribution in [0.2, 0.25) is 0 Å². The fourth-order valence-electron chi connectivity index (χ4n) is 1.21. The van der Waals surface area contributed by atoms with Gasteiger partial charge in [0, 0.05) is 12.8 Å². The molecule has 0 unspecified atom stereocenters. The number of nitrogens with two attached hydrogens (primary N) is 1. The summed E-state index contributed by atoms with van der Waals surface area (Å²) >= 11 is 0. The van der Waals surface area contributed by atoms with Crippen LogP contribution in [0.1, 0.15) is 31.4 Å². The van der Waals surface area contributed by atoms with E-state index in [1.165, 1.54) is 6.92 Å². The van der Waals surface area contributed by atoms with Gasteiger partial charge in [-0.1, -0.05) is 5.16 Å². The molecule has 0 radical (unpaired) electrons.